The molecule has 8 nitrogen and oxygen atoms in total. The number of allylic oxidation sites excluding steroid dienone is 1. The zero-order chi connectivity index (χ0) is 28.4. The number of hydrogen-bond acceptors (Lipinski definition) is 8. The minimum atomic E-state index is -0.777. The Morgan fingerprint density at radius 1 is 1.05 bits per heavy atom. The van der Waals surface area contributed by atoms with Gasteiger partial charge in [-0.2, -0.15) is 0 Å². The lowest BCUT2D eigenvalue weighted by atomic mass is 9.52. The van der Waals surface area contributed by atoms with Crippen LogP contribution >= 0.6 is 0 Å². The molecule has 8 heteroatoms. The SMILES string of the molecule is CCOC(=O)c1ccc(-c2ncc3c(n2)[C@@]2(c4cccc(C(=O)OCC)c4)CC(=CO)C(=O)[C@@H](C)[C@@H]2CC3)cc1. The smallest absolute Gasteiger partial charge is 0.338 e. The predicted octanol–water partition coefficient (Wildman–Crippen LogP) is 5.40. The third-order valence-corrected chi connectivity index (χ3v) is 8.15. The van der Waals surface area contributed by atoms with Crippen molar-refractivity contribution < 1.29 is 29.0 Å². The van der Waals surface area contributed by atoms with Gasteiger partial charge in [-0.15, -0.1) is 0 Å². The number of benzene rings is 2. The summed E-state index contributed by atoms with van der Waals surface area (Å²) < 4.78 is 10.4. The van der Waals surface area contributed by atoms with Crippen molar-refractivity contribution in [3.05, 3.63) is 94.5 Å². The summed E-state index contributed by atoms with van der Waals surface area (Å²) >= 11 is 0. The van der Waals surface area contributed by atoms with Gasteiger partial charge in [-0.05, 0) is 74.4 Å². The standard InChI is InChI=1S/C32H32N2O6/c1-4-39-30(37)21-11-9-20(10-12-21)29-33-17-23-13-14-26-19(3)27(36)24(18-35)16-32(26,28(23)34-29)25-8-6-7-22(15-25)31(38)40-5-2/h6-12,15,17-19,26,35H,4-5,13-14,16H2,1-3H3/t19-,26-,32+/m0/s1. The van der Waals surface area contributed by atoms with Crippen molar-refractivity contribution >= 4 is 17.7 Å². The molecule has 40 heavy (non-hydrogen) atoms. The van der Waals surface area contributed by atoms with Crippen molar-refractivity contribution in [3.8, 4) is 11.4 Å². The van der Waals surface area contributed by atoms with E-state index in [-0.39, 0.29) is 30.6 Å². The molecule has 1 N–H and O–H groups in total. The third-order valence-electron chi connectivity index (χ3n) is 8.15. The molecule has 1 aromatic heterocycles. The van der Waals surface area contributed by atoms with Crippen molar-refractivity contribution in [2.24, 2.45) is 11.8 Å². The number of fused-ring (bicyclic) bond motifs is 3. The monoisotopic (exact) mass is 540 g/mol. The van der Waals surface area contributed by atoms with Gasteiger partial charge in [-0.3, -0.25) is 4.79 Å². The maximum absolute atomic E-state index is 13.2. The molecule has 2 aromatic carbocycles. The molecule has 0 spiro atoms. The molecule has 0 aliphatic heterocycles. The van der Waals surface area contributed by atoms with E-state index in [2.05, 4.69) is 4.98 Å². The van der Waals surface area contributed by atoms with Crippen LogP contribution in [0.1, 0.15) is 71.1 Å². The molecule has 206 valence electrons. The van der Waals surface area contributed by atoms with Crippen molar-refractivity contribution in [1.29, 1.82) is 0 Å². The van der Waals surface area contributed by atoms with Gasteiger partial charge in [0.15, 0.2) is 11.6 Å². The summed E-state index contributed by atoms with van der Waals surface area (Å²) in [4.78, 5) is 47.8. The molecule has 3 aromatic rings. The molecule has 1 heterocycles. The number of Topliss-reactive ketones (excluding diaryl/α,β-unsaturated/α-hetero) is 1. The van der Waals surface area contributed by atoms with Crippen LogP contribution in [0.4, 0.5) is 0 Å². The number of rotatable bonds is 6. The molecular formula is C32H32N2O6. The van der Waals surface area contributed by atoms with Crippen LogP contribution in [0.15, 0.2) is 66.6 Å². The van der Waals surface area contributed by atoms with Gasteiger partial charge in [-0.1, -0.05) is 31.2 Å². The fourth-order valence-electron chi connectivity index (χ4n) is 6.27. The van der Waals surface area contributed by atoms with Crippen LogP contribution in [-0.4, -0.2) is 46.0 Å². The highest BCUT2D eigenvalue weighted by atomic mass is 16.5. The number of esters is 2. The first-order chi connectivity index (χ1) is 19.3. The van der Waals surface area contributed by atoms with Gasteiger partial charge >= 0.3 is 11.9 Å². The van der Waals surface area contributed by atoms with Crippen LogP contribution in [0.25, 0.3) is 11.4 Å². The largest absolute Gasteiger partial charge is 0.515 e. The normalized spacial score (nSPS) is 22.8. The number of ketones is 1. The zero-order valence-corrected chi connectivity index (χ0v) is 22.8. The molecular weight excluding hydrogens is 508 g/mol. The van der Waals surface area contributed by atoms with Crippen LogP contribution in [0.5, 0.6) is 0 Å². The molecule has 1 saturated carbocycles. The van der Waals surface area contributed by atoms with Crippen LogP contribution in [0.3, 0.4) is 0 Å². The quantitative estimate of drug-likeness (QED) is 0.251. The number of aliphatic hydroxyl groups is 1. The molecule has 0 radical (unpaired) electrons. The summed E-state index contributed by atoms with van der Waals surface area (Å²) in [7, 11) is 0. The van der Waals surface area contributed by atoms with Gasteiger partial charge in [-0.25, -0.2) is 19.6 Å². The Hall–Kier alpha value is -4.33. The van der Waals surface area contributed by atoms with Gasteiger partial charge in [0.1, 0.15) is 0 Å². The van der Waals surface area contributed by atoms with Gasteiger partial charge < -0.3 is 14.6 Å². The Kier molecular flexibility index (Phi) is 7.52. The van der Waals surface area contributed by atoms with Crippen LogP contribution in [0, 0.1) is 11.8 Å². The van der Waals surface area contributed by atoms with E-state index < -0.39 is 17.4 Å². The Morgan fingerprint density at radius 3 is 2.42 bits per heavy atom. The maximum Gasteiger partial charge on any atom is 0.338 e. The van der Waals surface area contributed by atoms with E-state index in [0.717, 1.165) is 35.1 Å². The number of hydrogen-bond donors (Lipinski definition) is 1. The highest BCUT2D eigenvalue weighted by Gasteiger charge is 2.55. The van der Waals surface area contributed by atoms with E-state index in [9.17, 15) is 19.5 Å². The average molecular weight is 541 g/mol. The molecule has 2 aliphatic carbocycles. The molecule has 1 fully saturated rings. The van der Waals surface area contributed by atoms with E-state index in [0.29, 0.717) is 35.6 Å². The van der Waals surface area contributed by atoms with Crippen molar-refractivity contribution in [2.75, 3.05) is 13.2 Å². The summed E-state index contributed by atoms with van der Waals surface area (Å²) in [5.74, 6) is -0.882. The second kappa shape index (κ2) is 11.0. The van der Waals surface area contributed by atoms with Crippen molar-refractivity contribution in [2.45, 2.75) is 45.4 Å². The second-order valence-electron chi connectivity index (χ2n) is 10.3. The summed E-state index contributed by atoms with van der Waals surface area (Å²) in [6.07, 6.45) is 4.43. The first-order valence-corrected chi connectivity index (χ1v) is 13.6. The molecule has 0 saturated heterocycles. The van der Waals surface area contributed by atoms with E-state index in [1.54, 1.807) is 44.2 Å². The summed E-state index contributed by atoms with van der Waals surface area (Å²) in [6.45, 7) is 5.98. The molecule has 5 rings (SSSR count). The number of ether oxygens (including phenoxy) is 2. The zero-order valence-electron chi connectivity index (χ0n) is 22.8. The van der Waals surface area contributed by atoms with E-state index >= 15 is 0 Å². The van der Waals surface area contributed by atoms with E-state index in [1.165, 1.54) is 0 Å². The maximum atomic E-state index is 13.2. The van der Waals surface area contributed by atoms with E-state index in [4.69, 9.17) is 14.5 Å². The number of carbonyl (C=O) groups is 3. The number of nitrogens with zero attached hydrogens (tertiary/aromatic N) is 2. The Balaban J connectivity index is 1.68. The fraction of sp³-hybridized carbons (Fsp3) is 0.344. The highest BCUT2D eigenvalue weighted by Crippen LogP contribution is 2.55. The number of aryl methyl sites for hydroxylation is 1. The first kappa shape index (κ1) is 27.2. The number of carbonyl (C=O) groups excluding carboxylic acids is 3. The number of aliphatic hydroxyl groups excluding tert-OH is 1. The third kappa shape index (κ3) is 4.57. The van der Waals surface area contributed by atoms with Crippen LogP contribution in [0.2, 0.25) is 0 Å². The first-order valence-electron chi connectivity index (χ1n) is 13.6. The molecule has 2 aliphatic rings. The van der Waals surface area contributed by atoms with Gasteiger partial charge in [0.2, 0.25) is 0 Å². The molecule has 3 atom stereocenters. The lowest BCUT2D eigenvalue weighted by molar-refractivity contribution is -0.123. The molecule has 0 amide bonds. The summed E-state index contributed by atoms with van der Waals surface area (Å²) in [5, 5.41) is 10.1. The van der Waals surface area contributed by atoms with Gasteiger partial charge in [0.25, 0.3) is 0 Å². The topological polar surface area (TPSA) is 116 Å². The average Bonchev–Trinajstić information content (AvgIpc) is 2.99. The minimum absolute atomic E-state index is 0.0723. The molecule has 0 bridgehead atoms. The lowest BCUT2D eigenvalue weighted by Crippen LogP contribution is -2.51. The highest BCUT2D eigenvalue weighted by molar-refractivity contribution is 5.99. The second-order valence-corrected chi connectivity index (χ2v) is 10.3. The minimum Gasteiger partial charge on any atom is -0.515 e. The van der Waals surface area contributed by atoms with Crippen LogP contribution in [-0.2, 0) is 26.1 Å². The van der Waals surface area contributed by atoms with Gasteiger partial charge in [0, 0.05) is 28.7 Å². The van der Waals surface area contributed by atoms with Gasteiger partial charge in [0.05, 0.1) is 36.3 Å². The fourth-order valence-corrected chi connectivity index (χ4v) is 6.27. The lowest BCUT2D eigenvalue weighted by Gasteiger charge is -2.50. The van der Waals surface area contributed by atoms with Crippen molar-refractivity contribution in [1.82, 2.24) is 9.97 Å². The summed E-state index contributed by atoms with van der Waals surface area (Å²) in [6, 6.07) is 14.3. The van der Waals surface area contributed by atoms with E-state index in [1.807, 2.05) is 31.3 Å². The molecule has 0 unspecified atom stereocenters. The Morgan fingerprint density at radius 2 is 1.75 bits per heavy atom. The predicted molar refractivity (Wildman–Crippen MR) is 148 cm³/mol. The Bertz CT molecular complexity index is 1500. The Labute approximate surface area is 233 Å². The van der Waals surface area contributed by atoms with Crippen molar-refractivity contribution in [3.63, 3.8) is 0 Å². The number of aromatic nitrogens is 2. The summed E-state index contributed by atoms with van der Waals surface area (Å²) in [5.41, 5.74) is 3.72. The van der Waals surface area contributed by atoms with Crippen LogP contribution < -0.4 is 0 Å².